The van der Waals surface area contributed by atoms with Gasteiger partial charge in [0.05, 0.1) is 0 Å². The Morgan fingerprint density at radius 3 is 3.00 bits per heavy atom. The van der Waals surface area contributed by atoms with Crippen LogP contribution in [0, 0.1) is 6.92 Å². The van der Waals surface area contributed by atoms with Gasteiger partial charge in [-0.25, -0.2) is 0 Å². The van der Waals surface area contributed by atoms with Crippen molar-refractivity contribution in [1.29, 1.82) is 0 Å². The maximum Gasteiger partial charge on any atom is 0.323 e. The average molecular weight is 279 g/mol. The topological polar surface area (TPSA) is 49.3 Å². The molecule has 104 valence electrons. The molecule has 1 aliphatic carbocycles. The van der Waals surface area contributed by atoms with E-state index < -0.39 is 11.5 Å². The highest BCUT2D eigenvalue weighted by Gasteiger charge is 2.45. The third kappa shape index (κ3) is 3.31. The third-order valence-electron chi connectivity index (χ3n) is 3.69. The molecule has 19 heavy (non-hydrogen) atoms. The summed E-state index contributed by atoms with van der Waals surface area (Å²) in [5.74, 6) is -0.707. The zero-order valence-corrected chi connectivity index (χ0v) is 12.3. The highest BCUT2D eigenvalue weighted by atomic mass is 32.2. The second-order valence-corrected chi connectivity index (χ2v) is 6.59. The number of benzene rings is 1. The van der Waals surface area contributed by atoms with Gasteiger partial charge in [0.1, 0.15) is 5.54 Å². The smallest absolute Gasteiger partial charge is 0.323 e. The average Bonchev–Trinajstić information content (AvgIpc) is 2.74. The predicted molar refractivity (Wildman–Crippen MR) is 78.7 cm³/mol. The van der Waals surface area contributed by atoms with Crippen LogP contribution in [0.4, 0.5) is 0 Å². The van der Waals surface area contributed by atoms with Gasteiger partial charge in [-0.1, -0.05) is 24.6 Å². The second kappa shape index (κ2) is 5.97. The van der Waals surface area contributed by atoms with Crippen molar-refractivity contribution in [3.05, 3.63) is 29.8 Å². The van der Waals surface area contributed by atoms with E-state index in [1.54, 1.807) is 0 Å². The van der Waals surface area contributed by atoms with Crippen molar-refractivity contribution >= 4 is 17.7 Å². The first-order valence-corrected chi connectivity index (χ1v) is 7.65. The number of nitrogens with one attached hydrogen (secondary N) is 1. The molecule has 0 radical (unpaired) electrons. The lowest BCUT2D eigenvalue weighted by atomic mass is 9.98. The molecule has 1 fully saturated rings. The van der Waals surface area contributed by atoms with Crippen LogP contribution in [0.15, 0.2) is 29.2 Å². The number of likely N-dealkylation sites (N-methyl/N-ethyl adjacent to an activating group) is 1. The molecule has 2 N–H and O–H groups in total. The quantitative estimate of drug-likeness (QED) is 0.869. The van der Waals surface area contributed by atoms with E-state index in [1.165, 1.54) is 10.5 Å². The van der Waals surface area contributed by atoms with Gasteiger partial charge < -0.3 is 10.4 Å². The first kappa shape index (κ1) is 14.4. The maximum absolute atomic E-state index is 11.5. The normalized spacial score (nSPS) is 26.5. The largest absolute Gasteiger partial charge is 0.480 e. The van der Waals surface area contributed by atoms with Gasteiger partial charge in [-0.15, -0.1) is 11.8 Å². The van der Waals surface area contributed by atoms with Crippen molar-refractivity contribution in [2.45, 2.75) is 48.8 Å². The Bertz CT molecular complexity index is 463. The summed E-state index contributed by atoms with van der Waals surface area (Å²) in [6.45, 7) is 4.75. The van der Waals surface area contributed by atoms with Crippen LogP contribution in [-0.2, 0) is 4.79 Å². The van der Waals surface area contributed by atoms with Crippen molar-refractivity contribution in [2.24, 2.45) is 0 Å². The molecule has 0 amide bonds. The first-order chi connectivity index (χ1) is 9.05. The van der Waals surface area contributed by atoms with Crippen LogP contribution in [-0.4, -0.2) is 28.4 Å². The summed E-state index contributed by atoms with van der Waals surface area (Å²) < 4.78 is 0. The molecule has 0 spiro atoms. The highest BCUT2D eigenvalue weighted by Crippen LogP contribution is 2.40. The maximum atomic E-state index is 11.5. The Balaban J connectivity index is 2.03. The van der Waals surface area contributed by atoms with E-state index >= 15 is 0 Å². The Kier molecular flexibility index (Phi) is 4.53. The fourth-order valence-corrected chi connectivity index (χ4v) is 4.15. The Morgan fingerprint density at radius 2 is 2.37 bits per heavy atom. The molecule has 1 saturated carbocycles. The Labute approximate surface area is 118 Å². The summed E-state index contributed by atoms with van der Waals surface area (Å²) in [4.78, 5) is 12.7. The molecule has 2 rings (SSSR count). The van der Waals surface area contributed by atoms with E-state index in [9.17, 15) is 9.90 Å². The molecule has 4 heteroatoms. The molecule has 1 aliphatic rings. The number of aliphatic carboxylic acids is 1. The van der Waals surface area contributed by atoms with E-state index in [2.05, 4.69) is 36.5 Å². The van der Waals surface area contributed by atoms with E-state index in [4.69, 9.17) is 0 Å². The fourth-order valence-electron chi connectivity index (χ4n) is 2.75. The third-order valence-corrected chi connectivity index (χ3v) is 4.95. The van der Waals surface area contributed by atoms with E-state index in [0.717, 1.165) is 12.8 Å². The van der Waals surface area contributed by atoms with Crippen LogP contribution in [0.2, 0.25) is 0 Å². The zero-order valence-electron chi connectivity index (χ0n) is 11.5. The van der Waals surface area contributed by atoms with Crippen molar-refractivity contribution in [3.8, 4) is 0 Å². The van der Waals surface area contributed by atoms with Crippen molar-refractivity contribution in [2.75, 3.05) is 6.54 Å². The number of carboxylic acids is 1. The molecule has 2 unspecified atom stereocenters. The summed E-state index contributed by atoms with van der Waals surface area (Å²) in [7, 11) is 0. The van der Waals surface area contributed by atoms with Gasteiger partial charge in [0.15, 0.2) is 0 Å². The van der Waals surface area contributed by atoms with Gasteiger partial charge in [-0.2, -0.15) is 0 Å². The molecule has 0 bridgehead atoms. The van der Waals surface area contributed by atoms with Crippen LogP contribution < -0.4 is 5.32 Å². The van der Waals surface area contributed by atoms with E-state index in [1.807, 2.05) is 18.7 Å². The van der Waals surface area contributed by atoms with Gasteiger partial charge in [-0.05, 0) is 44.9 Å². The van der Waals surface area contributed by atoms with Gasteiger partial charge in [0, 0.05) is 10.1 Å². The summed E-state index contributed by atoms with van der Waals surface area (Å²) in [6, 6.07) is 8.41. The van der Waals surface area contributed by atoms with Crippen molar-refractivity contribution < 1.29 is 9.90 Å². The molecule has 1 aromatic rings. The second-order valence-electron chi connectivity index (χ2n) is 5.22. The van der Waals surface area contributed by atoms with E-state index in [0.29, 0.717) is 18.2 Å². The van der Waals surface area contributed by atoms with E-state index in [-0.39, 0.29) is 0 Å². The molecule has 3 nitrogen and oxygen atoms in total. The van der Waals surface area contributed by atoms with Gasteiger partial charge in [0.2, 0.25) is 0 Å². The van der Waals surface area contributed by atoms with Gasteiger partial charge in [-0.3, -0.25) is 4.79 Å². The number of hydrogen-bond acceptors (Lipinski definition) is 3. The van der Waals surface area contributed by atoms with Crippen LogP contribution in [0.3, 0.4) is 0 Å². The van der Waals surface area contributed by atoms with Crippen LogP contribution in [0.25, 0.3) is 0 Å². The number of aryl methyl sites for hydroxylation is 1. The lowest BCUT2D eigenvalue weighted by Crippen LogP contribution is -2.50. The minimum Gasteiger partial charge on any atom is -0.480 e. The number of rotatable bonds is 5. The standard InChI is InChI=1S/C15H21NO2S/c1-3-16-15(14(17)18)8-7-13(10-15)19-12-6-4-5-11(2)9-12/h4-6,9,13,16H,3,7-8,10H2,1-2H3,(H,17,18). The molecular weight excluding hydrogens is 258 g/mol. The Hall–Kier alpha value is -1.00. The van der Waals surface area contributed by atoms with Crippen LogP contribution in [0.5, 0.6) is 0 Å². The van der Waals surface area contributed by atoms with Crippen molar-refractivity contribution in [3.63, 3.8) is 0 Å². The molecule has 0 aliphatic heterocycles. The van der Waals surface area contributed by atoms with Crippen LogP contribution >= 0.6 is 11.8 Å². The summed E-state index contributed by atoms with van der Waals surface area (Å²) >= 11 is 1.81. The minimum absolute atomic E-state index is 0.386. The molecule has 0 aromatic heterocycles. The van der Waals surface area contributed by atoms with Crippen LogP contribution in [0.1, 0.15) is 31.7 Å². The molecular formula is C15H21NO2S. The lowest BCUT2D eigenvalue weighted by molar-refractivity contribution is -0.144. The number of hydrogen-bond donors (Lipinski definition) is 2. The van der Waals surface area contributed by atoms with Crippen molar-refractivity contribution in [1.82, 2.24) is 5.32 Å². The summed E-state index contributed by atoms with van der Waals surface area (Å²) in [6.07, 6.45) is 2.38. The SMILES string of the molecule is CCNC1(C(=O)O)CCC(Sc2cccc(C)c2)C1. The zero-order chi connectivity index (χ0) is 13.9. The first-order valence-electron chi connectivity index (χ1n) is 6.77. The molecule has 0 heterocycles. The number of carbonyl (C=O) groups is 1. The predicted octanol–water partition coefficient (Wildman–Crippen LogP) is 3.07. The lowest BCUT2D eigenvalue weighted by Gasteiger charge is -2.25. The fraction of sp³-hybridized carbons (Fsp3) is 0.533. The minimum atomic E-state index is -0.712. The summed E-state index contributed by atoms with van der Waals surface area (Å²) in [5, 5.41) is 13.0. The molecule has 0 saturated heterocycles. The monoisotopic (exact) mass is 279 g/mol. The van der Waals surface area contributed by atoms with Gasteiger partial charge >= 0.3 is 5.97 Å². The molecule has 2 atom stereocenters. The van der Waals surface area contributed by atoms with Gasteiger partial charge in [0.25, 0.3) is 0 Å². The molecule has 1 aromatic carbocycles. The summed E-state index contributed by atoms with van der Waals surface area (Å²) in [5.41, 5.74) is 0.537. The number of carboxylic acid groups (broad SMARTS) is 1. The number of thioether (sulfide) groups is 1. The highest BCUT2D eigenvalue weighted by molar-refractivity contribution is 8.00. The Morgan fingerprint density at radius 1 is 1.58 bits per heavy atom.